The van der Waals surface area contributed by atoms with Gasteiger partial charge in [0, 0.05) is 25.1 Å². The number of nitrogens with zero attached hydrogens (tertiary/aromatic N) is 1. The van der Waals surface area contributed by atoms with Crippen molar-refractivity contribution < 1.29 is 71.3 Å². The lowest BCUT2D eigenvalue weighted by atomic mass is 10.0. The topological polar surface area (TPSA) is 205 Å². The molecule has 0 aromatic heterocycles. The van der Waals surface area contributed by atoms with E-state index >= 15 is 0 Å². The van der Waals surface area contributed by atoms with Gasteiger partial charge >= 0.3 is 5.97 Å². The molecule has 0 bridgehead atoms. The van der Waals surface area contributed by atoms with Crippen LogP contribution in [0.1, 0.15) is 130 Å². The second-order valence-electron chi connectivity index (χ2n) is 16.3. The Hall–Kier alpha value is -3.59. The van der Waals surface area contributed by atoms with Crippen molar-refractivity contribution in [1.29, 1.82) is 0 Å². The zero-order valence-electron chi connectivity index (χ0n) is 40.3. The third kappa shape index (κ3) is 26.7. The van der Waals surface area contributed by atoms with Crippen molar-refractivity contribution >= 4 is 35.3 Å². The molecule has 0 radical (unpaired) electrons. The maximum absolute atomic E-state index is 13.2. The van der Waals surface area contributed by atoms with Crippen molar-refractivity contribution in [2.75, 3.05) is 137 Å². The standard InChI is InChI=1S/C49H81N3O15/c1-2-3-4-5-6-7-8-9-10-11-12-13-14-18-45(54)67-40-39-66-38-37-65-36-35-64-34-33-63-32-31-62-30-29-61-28-27-60-26-25-59-24-23-58-22-21-50-42-17-15-16-41-46(42)49(57)52(48(41)56)43-19-20-44(53)51-47(43)55/h15-17,43,50H,2-14,18-40H2,1H3,(H,51,53,55). The van der Waals surface area contributed by atoms with E-state index in [2.05, 4.69) is 17.6 Å². The monoisotopic (exact) mass is 952 g/mol. The molecule has 2 N–H and O–H groups in total. The summed E-state index contributed by atoms with van der Waals surface area (Å²) in [6.45, 7) is 10.7. The SMILES string of the molecule is CCCCCCCCCCCCCCCC(=O)OCCOCCOCCOCCOCCOCCOCCOCCOCCOCCNc1cccc2c1C(=O)N(C1CCC(=O)NC1=O)C2=O. The molecule has 1 saturated heterocycles. The summed E-state index contributed by atoms with van der Waals surface area (Å²) in [5.41, 5.74) is 0.902. The van der Waals surface area contributed by atoms with Crippen LogP contribution in [-0.4, -0.2) is 173 Å². The number of piperidine rings is 1. The molecule has 1 aromatic carbocycles. The van der Waals surface area contributed by atoms with Gasteiger partial charge in [-0.1, -0.05) is 90.0 Å². The molecule has 1 unspecified atom stereocenters. The number of carbonyl (C=O) groups excluding carboxylic acids is 5. The van der Waals surface area contributed by atoms with Gasteiger partial charge in [0.15, 0.2) is 0 Å². The minimum absolute atomic E-state index is 0.0635. The van der Waals surface area contributed by atoms with Gasteiger partial charge in [0.1, 0.15) is 12.6 Å². The van der Waals surface area contributed by atoms with E-state index in [0.29, 0.717) is 138 Å². The zero-order valence-corrected chi connectivity index (χ0v) is 40.3. The maximum atomic E-state index is 13.2. The maximum Gasteiger partial charge on any atom is 0.305 e. The van der Waals surface area contributed by atoms with Crippen LogP contribution in [0.25, 0.3) is 0 Å². The minimum atomic E-state index is -1.01. The number of hydrogen-bond acceptors (Lipinski definition) is 16. The van der Waals surface area contributed by atoms with Crippen LogP contribution in [0.15, 0.2) is 18.2 Å². The molecular formula is C49H81N3O15. The summed E-state index contributed by atoms with van der Waals surface area (Å²) in [6.07, 6.45) is 17.3. The first kappa shape index (κ1) is 57.7. The van der Waals surface area contributed by atoms with Gasteiger partial charge in [-0.3, -0.25) is 34.2 Å². The Balaban J connectivity index is 0.954. The van der Waals surface area contributed by atoms with Gasteiger partial charge in [0.25, 0.3) is 11.8 Å². The normalized spacial score (nSPS) is 14.8. The second-order valence-corrected chi connectivity index (χ2v) is 16.3. The summed E-state index contributed by atoms with van der Waals surface area (Å²) in [5, 5.41) is 5.34. The first-order valence-corrected chi connectivity index (χ1v) is 24.9. The molecular weight excluding hydrogens is 871 g/mol. The third-order valence-corrected chi connectivity index (χ3v) is 11.0. The van der Waals surface area contributed by atoms with E-state index in [0.717, 1.165) is 17.7 Å². The lowest BCUT2D eigenvalue weighted by molar-refractivity contribution is -0.145. The lowest BCUT2D eigenvalue weighted by Gasteiger charge is -2.27. The quantitative estimate of drug-likeness (QED) is 0.0459. The smallest absolute Gasteiger partial charge is 0.305 e. The Morgan fingerprint density at radius 3 is 1.42 bits per heavy atom. The van der Waals surface area contributed by atoms with E-state index < -0.39 is 29.7 Å². The molecule has 4 amide bonds. The number of anilines is 1. The highest BCUT2D eigenvalue weighted by molar-refractivity contribution is 6.25. The number of benzene rings is 1. The van der Waals surface area contributed by atoms with Crippen LogP contribution in [0, 0.1) is 0 Å². The van der Waals surface area contributed by atoms with Gasteiger partial charge in [0.2, 0.25) is 11.8 Å². The first-order chi connectivity index (χ1) is 32.9. The second kappa shape index (κ2) is 39.3. The van der Waals surface area contributed by atoms with Crippen LogP contribution in [-0.2, 0) is 61.8 Å². The summed E-state index contributed by atoms with van der Waals surface area (Å²) in [5.74, 6) is -2.32. The number of carbonyl (C=O) groups is 5. The molecule has 2 aliphatic rings. The van der Waals surface area contributed by atoms with Gasteiger partial charge in [0.05, 0.1) is 130 Å². The van der Waals surface area contributed by atoms with Gasteiger partial charge < -0.3 is 52.7 Å². The average Bonchev–Trinajstić information content (AvgIpc) is 3.58. The number of nitrogens with one attached hydrogen (secondary N) is 2. The molecule has 382 valence electrons. The fourth-order valence-electron chi connectivity index (χ4n) is 7.36. The number of ether oxygens (including phenoxy) is 10. The van der Waals surface area contributed by atoms with E-state index in [1.165, 1.54) is 70.6 Å². The summed E-state index contributed by atoms with van der Waals surface area (Å²) in [4.78, 5) is 62.9. The van der Waals surface area contributed by atoms with Crippen LogP contribution in [0.2, 0.25) is 0 Å². The highest BCUT2D eigenvalue weighted by Gasteiger charge is 2.45. The van der Waals surface area contributed by atoms with Crippen LogP contribution in [0.4, 0.5) is 5.69 Å². The molecule has 3 rings (SSSR count). The van der Waals surface area contributed by atoms with E-state index in [9.17, 15) is 24.0 Å². The lowest BCUT2D eigenvalue weighted by Crippen LogP contribution is -2.54. The van der Waals surface area contributed by atoms with Gasteiger partial charge in [-0.15, -0.1) is 0 Å². The van der Waals surface area contributed by atoms with Crippen molar-refractivity contribution in [2.45, 2.75) is 116 Å². The van der Waals surface area contributed by atoms with E-state index in [1.807, 2.05) is 0 Å². The Morgan fingerprint density at radius 2 is 0.970 bits per heavy atom. The van der Waals surface area contributed by atoms with Crippen molar-refractivity contribution in [1.82, 2.24) is 10.2 Å². The fourth-order valence-corrected chi connectivity index (χ4v) is 7.36. The predicted molar refractivity (Wildman–Crippen MR) is 250 cm³/mol. The number of fused-ring (bicyclic) bond motifs is 1. The largest absolute Gasteiger partial charge is 0.463 e. The number of hydrogen-bond donors (Lipinski definition) is 2. The molecule has 0 spiro atoms. The molecule has 2 aliphatic heterocycles. The summed E-state index contributed by atoms with van der Waals surface area (Å²) < 4.78 is 54.9. The van der Waals surface area contributed by atoms with Gasteiger partial charge in [-0.2, -0.15) is 0 Å². The Morgan fingerprint density at radius 1 is 0.552 bits per heavy atom. The van der Waals surface area contributed by atoms with E-state index in [1.54, 1.807) is 18.2 Å². The highest BCUT2D eigenvalue weighted by Crippen LogP contribution is 2.32. The van der Waals surface area contributed by atoms with Crippen LogP contribution >= 0.6 is 0 Å². The molecule has 0 saturated carbocycles. The number of rotatable bonds is 46. The van der Waals surface area contributed by atoms with Crippen molar-refractivity contribution in [2.24, 2.45) is 0 Å². The molecule has 1 fully saturated rings. The van der Waals surface area contributed by atoms with Crippen LogP contribution in [0.3, 0.4) is 0 Å². The summed E-state index contributed by atoms with van der Waals surface area (Å²) >= 11 is 0. The molecule has 1 atom stereocenters. The molecule has 1 aromatic rings. The zero-order chi connectivity index (χ0) is 47.8. The molecule has 18 heteroatoms. The molecule has 2 heterocycles. The van der Waals surface area contributed by atoms with E-state index in [4.69, 9.17) is 47.4 Å². The van der Waals surface area contributed by atoms with E-state index in [-0.39, 0.29) is 36.5 Å². The van der Waals surface area contributed by atoms with Crippen molar-refractivity contribution in [3.05, 3.63) is 29.3 Å². The molecule has 0 aliphatic carbocycles. The van der Waals surface area contributed by atoms with Gasteiger partial charge in [-0.25, -0.2) is 0 Å². The van der Waals surface area contributed by atoms with Crippen molar-refractivity contribution in [3.8, 4) is 0 Å². The molecule has 67 heavy (non-hydrogen) atoms. The fraction of sp³-hybridized carbons (Fsp3) is 0.776. The minimum Gasteiger partial charge on any atom is -0.463 e. The number of unbranched alkanes of at least 4 members (excludes halogenated alkanes) is 12. The van der Waals surface area contributed by atoms with Gasteiger partial charge in [-0.05, 0) is 25.0 Å². The predicted octanol–water partition coefficient (Wildman–Crippen LogP) is 5.67. The molecule has 18 nitrogen and oxygen atoms in total. The average molecular weight is 952 g/mol. The highest BCUT2D eigenvalue weighted by atomic mass is 16.6. The Labute approximate surface area is 398 Å². The Kier molecular flexibility index (Phi) is 33.8. The summed E-state index contributed by atoms with van der Waals surface area (Å²) in [6, 6.07) is 3.90. The van der Waals surface area contributed by atoms with Crippen LogP contribution in [0.5, 0.6) is 0 Å². The Bertz CT molecular complexity index is 1500. The number of imide groups is 2. The number of esters is 1. The third-order valence-electron chi connectivity index (χ3n) is 11.0. The van der Waals surface area contributed by atoms with Crippen LogP contribution < -0.4 is 10.6 Å². The summed E-state index contributed by atoms with van der Waals surface area (Å²) in [7, 11) is 0. The first-order valence-electron chi connectivity index (χ1n) is 24.9. The van der Waals surface area contributed by atoms with Crippen molar-refractivity contribution in [3.63, 3.8) is 0 Å². The number of amides is 4.